The molecule has 0 bridgehead atoms. The van der Waals surface area contributed by atoms with Crippen molar-refractivity contribution in [2.45, 2.75) is 52.0 Å². The zero-order chi connectivity index (χ0) is 12.4. The molecule has 1 aliphatic carbocycles. The van der Waals surface area contributed by atoms with Crippen LogP contribution in [-0.4, -0.2) is 34.5 Å². The van der Waals surface area contributed by atoms with E-state index in [2.05, 4.69) is 13.8 Å². The van der Waals surface area contributed by atoms with Crippen LogP contribution in [0.4, 0.5) is 0 Å². The Morgan fingerprint density at radius 1 is 1.44 bits per heavy atom. The molecule has 1 N–H and O–H groups in total. The maximum Gasteiger partial charge on any atom is 0.329 e. The van der Waals surface area contributed by atoms with Crippen molar-refractivity contribution in [2.24, 2.45) is 5.41 Å². The maximum atomic E-state index is 11.5. The summed E-state index contributed by atoms with van der Waals surface area (Å²) in [5, 5.41) is 9.42. The van der Waals surface area contributed by atoms with Gasteiger partial charge >= 0.3 is 5.97 Å². The van der Waals surface area contributed by atoms with Gasteiger partial charge in [-0.15, -0.1) is 0 Å². The van der Waals surface area contributed by atoms with Gasteiger partial charge in [0, 0.05) is 6.54 Å². The van der Waals surface area contributed by atoms with E-state index in [1.165, 1.54) is 4.90 Å². The second-order valence-corrected chi connectivity index (χ2v) is 5.48. The zero-order valence-electron chi connectivity index (χ0n) is 10.3. The Morgan fingerprint density at radius 3 is 2.38 bits per heavy atom. The SMILES string of the molecule is CCCN(C=O)C1(C(=O)O)CCC(C)(C)C1. The van der Waals surface area contributed by atoms with Gasteiger partial charge in [0.2, 0.25) is 6.41 Å². The van der Waals surface area contributed by atoms with Crippen LogP contribution in [0.5, 0.6) is 0 Å². The summed E-state index contributed by atoms with van der Waals surface area (Å²) in [6.45, 7) is 6.59. The smallest absolute Gasteiger partial charge is 0.329 e. The molecule has 0 aromatic carbocycles. The molecule has 0 spiro atoms. The molecule has 0 saturated heterocycles. The lowest BCUT2D eigenvalue weighted by atomic mass is 9.87. The standard InChI is InChI=1S/C12H21NO3/c1-4-7-13(9-14)12(10(15)16)6-5-11(2,3)8-12/h9H,4-8H2,1-3H3,(H,15,16). The first-order chi connectivity index (χ1) is 7.38. The third kappa shape index (κ3) is 2.20. The minimum Gasteiger partial charge on any atom is -0.479 e. The highest BCUT2D eigenvalue weighted by Gasteiger charge is 2.52. The second kappa shape index (κ2) is 4.44. The van der Waals surface area contributed by atoms with E-state index >= 15 is 0 Å². The first-order valence-corrected chi connectivity index (χ1v) is 5.83. The zero-order valence-corrected chi connectivity index (χ0v) is 10.3. The second-order valence-electron chi connectivity index (χ2n) is 5.48. The molecule has 0 aliphatic heterocycles. The van der Waals surface area contributed by atoms with Gasteiger partial charge < -0.3 is 10.0 Å². The molecule has 4 nitrogen and oxygen atoms in total. The first kappa shape index (κ1) is 13.0. The average Bonchev–Trinajstić information content (AvgIpc) is 2.52. The van der Waals surface area contributed by atoms with Crippen molar-refractivity contribution in [1.82, 2.24) is 4.90 Å². The van der Waals surface area contributed by atoms with E-state index in [1.807, 2.05) is 6.92 Å². The summed E-state index contributed by atoms with van der Waals surface area (Å²) in [6.07, 6.45) is 3.45. The van der Waals surface area contributed by atoms with Crippen LogP contribution in [0.25, 0.3) is 0 Å². The van der Waals surface area contributed by atoms with Crippen molar-refractivity contribution in [1.29, 1.82) is 0 Å². The van der Waals surface area contributed by atoms with Crippen LogP contribution in [0.2, 0.25) is 0 Å². The lowest BCUT2D eigenvalue weighted by Crippen LogP contribution is -2.53. The van der Waals surface area contributed by atoms with Crippen LogP contribution in [0, 0.1) is 5.41 Å². The normalized spacial score (nSPS) is 27.7. The molecular weight excluding hydrogens is 206 g/mol. The van der Waals surface area contributed by atoms with Crippen LogP contribution >= 0.6 is 0 Å². The quantitative estimate of drug-likeness (QED) is 0.730. The lowest BCUT2D eigenvalue weighted by molar-refractivity contribution is -0.155. The highest BCUT2D eigenvalue weighted by Crippen LogP contribution is 2.46. The van der Waals surface area contributed by atoms with Crippen molar-refractivity contribution in [3.05, 3.63) is 0 Å². The number of nitrogens with zero attached hydrogens (tertiary/aromatic N) is 1. The van der Waals surface area contributed by atoms with Gasteiger partial charge in [-0.25, -0.2) is 4.79 Å². The molecule has 0 aromatic rings. The third-order valence-electron chi connectivity index (χ3n) is 3.53. The molecule has 1 amide bonds. The molecule has 1 unspecified atom stereocenters. The Balaban J connectivity index is 2.98. The fourth-order valence-corrected chi connectivity index (χ4v) is 2.67. The summed E-state index contributed by atoms with van der Waals surface area (Å²) >= 11 is 0. The van der Waals surface area contributed by atoms with Crippen molar-refractivity contribution in [2.75, 3.05) is 6.54 Å². The highest BCUT2D eigenvalue weighted by molar-refractivity contribution is 5.82. The van der Waals surface area contributed by atoms with Gasteiger partial charge in [-0.05, 0) is 31.1 Å². The highest BCUT2D eigenvalue weighted by atomic mass is 16.4. The number of carboxylic acids is 1. The number of carbonyl (C=O) groups is 2. The minimum absolute atomic E-state index is 0.00733. The van der Waals surface area contributed by atoms with Crippen LogP contribution in [-0.2, 0) is 9.59 Å². The predicted octanol–water partition coefficient (Wildman–Crippen LogP) is 1.89. The van der Waals surface area contributed by atoms with E-state index in [0.29, 0.717) is 25.8 Å². The number of hydrogen-bond donors (Lipinski definition) is 1. The molecule has 0 radical (unpaired) electrons. The molecule has 4 heteroatoms. The lowest BCUT2D eigenvalue weighted by Gasteiger charge is -2.36. The molecular formula is C12H21NO3. The first-order valence-electron chi connectivity index (χ1n) is 5.83. The predicted molar refractivity (Wildman–Crippen MR) is 61.1 cm³/mol. The van der Waals surface area contributed by atoms with Gasteiger partial charge in [0.05, 0.1) is 0 Å². The van der Waals surface area contributed by atoms with Gasteiger partial charge in [-0.2, -0.15) is 0 Å². The molecule has 0 heterocycles. The van der Waals surface area contributed by atoms with E-state index in [9.17, 15) is 14.7 Å². The Bertz CT molecular complexity index is 288. The summed E-state index contributed by atoms with van der Waals surface area (Å²) in [5.74, 6) is -0.862. The number of carboxylic acid groups (broad SMARTS) is 1. The monoisotopic (exact) mass is 227 g/mol. The van der Waals surface area contributed by atoms with Crippen molar-refractivity contribution in [3.8, 4) is 0 Å². The van der Waals surface area contributed by atoms with Crippen LogP contribution in [0.15, 0.2) is 0 Å². The third-order valence-corrected chi connectivity index (χ3v) is 3.53. The van der Waals surface area contributed by atoms with Crippen molar-refractivity contribution >= 4 is 12.4 Å². The van der Waals surface area contributed by atoms with E-state index in [4.69, 9.17) is 0 Å². The molecule has 1 atom stereocenters. The van der Waals surface area contributed by atoms with Crippen LogP contribution in [0.1, 0.15) is 46.5 Å². The topological polar surface area (TPSA) is 57.6 Å². The number of aliphatic carboxylic acids is 1. The largest absolute Gasteiger partial charge is 0.479 e. The average molecular weight is 227 g/mol. The summed E-state index contributed by atoms with van der Waals surface area (Å²) < 4.78 is 0. The van der Waals surface area contributed by atoms with Gasteiger partial charge in [0.1, 0.15) is 5.54 Å². The van der Waals surface area contributed by atoms with E-state index in [-0.39, 0.29) is 5.41 Å². The maximum absolute atomic E-state index is 11.5. The molecule has 1 rings (SSSR count). The fourth-order valence-electron chi connectivity index (χ4n) is 2.67. The summed E-state index contributed by atoms with van der Waals surface area (Å²) in [5.41, 5.74) is -0.964. The Hall–Kier alpha value is -1.06. The Kier molecular flexibility index (Phi) is 3.61. The van der Waals surface area contributed by atoms with Crippen molar-refractivity contribution in [3.63, 3.8) is 0 Å². The molecule has 0 aromatic heterocycles. The number of carbonyl (C=O) groups excluding carboxylic acids is 1. The molecule has 1 fully saturated rings. The molecule has 92 valence electrons. The summed E-state index contributed by atoms with van der Waals surface area (Å²) in [6, 6.07) is 0. The minimum atomic E-state index is -0.971. The van der Waals surface area contributed by atoms with Crippen LogP contribution in [0.3, 0.4) is 0 Å². The van der Waals surface area contributed by atoms with E-state index < -0.39 is 11.5 Å². The van der Waals surface area contributed by atoms with Crippen molar-refractivity contribution < 1.29 is 14.7 Å². The summed E-state index contributed by atoms with van der Waals surface area (Å²) in [7, 11) is 0. The number of hydrogen-bond acceptors (Lipinski definition) is 2. The van der Waals surface area contributed by atoms with Gasteiger partial charge in [0.15, 0.2) is 0 Å². The van der Waals surface area contributed by atoms with E-state index in [1.54, 1.807) is 0 Å². The number of amides is 1. The Labute approximate surface area is 96.6 Å². The van der Waals surface area contributed by atoms with Gasteiger partial charge in [-0.1, -0.05) is 20.8 Å². The van der Waals surface area contributed by atoms with Gasteiger partial charge in [0.25, 0.3) is 0 Å². The Morgan fingerprint density at radius 2 is 2.06 bits per heavy atom. The molecule has 1 saturated carbocycles. The fraction of sp³-hybridized carbons (Fsp3) is 0.833. The van der Waals surface area contributed by atoms with Gasteiger partial charge in [-0.3, -0.25) is 4.79 Å². The van der Waals surface area contributed by atoms with Crippen LogP contribution < -0.4 is 0 Å². The number of rotatable bonds is 5. The molecule has 1 aliphatic rings. The molecule has 16 heavy (non-hydrogen) atoms. The van der Waals surface area contributed by atoms with E-state index in [0.717, 1.165) is 12.8 Å². The summed E-state index contributed by atoms with van der Waals surface area (Å²) in [4.78, 5) is 24.0.